The number of piperidine rings is 1. The molecular weight excluding hydrogens is 368 g/mol. The number of aromatic nitrogens is 2. The van der Waals surface area contributed by atoms with Gasteiger partial charge in [0.25, 0.3) is 0 Å². The lowest BCUT2D eigenvalue weighted by Crippen LogP contribution is -2.47. The van der Waals surface area contributed by atoms with Gasteiger partial charge >= 0.3 is 0 Å². The Morgan fingerprint density at radius 3 is 2.79 bits per heavy atom. The molecule has 1 atom stereocenters. The predicted octanol–water partition coefficient (Wildman–Crippen LogP) is 2.19. The highest BCUT2D eigenvalue weighted by Gasteiger charge is 2.29. The maximum absolute atomic E-state index is 12.9. The van der Waals surface area contributed by atoms with Gasteiger partial charge in [0.2, 0.25) is 5.91 Å². The fraction of sp³-hybridized carbons (Fsp3) is 0.500. The molecule has 0 radical (unpaired) electrons. The van der Waals surface area contributed by atoms with E-state index in [0.29, 0.717) is 26.3 Å². The summed E-state index contributed by atoms with van der Waals surface area (Å²) in [4.78, 5) is 26.4. The van der Waals surface area contributed by atoms with E-state index < -0.39 is 0 Å². The van der Waals surface area contributed by atoms with Crippen LogP contribution in [-0.2, 0) is 9.53 Å². The Kier molecular flexibility index (Phi) is 6.36. The average molecular weight is 396 g/mol. The van der Waals surface area contributed by atoms with Gasteiger partial charge in [0, 0.05) is 50.1 Å². The van der Waals surface area contributed by atoms with E-state index in [9.17, 15) is 4.79 Å². The highest BCUT2D eigenvalue weighted by atomic mass is 16.5. The van der Waals surface area contributed by atoms with Crippen LogP contribution in [0, 0.1) is 0 Å². The van der Waals surface area contributed by atoms with Crippen molar-refractivity contribution < 1.29 is 14.3 Å². The van der Waals surface area contributed by atoms with Gasteiger partial charge in [-0.2, -0.15) is 0 Å². The molecule has 2 aliphatic rings. The SMILES string of the molecule is COc1ccccc1-c1nccnc1C1CCCN(C(=O)CN2CCOCC2)C1. The number of carbonyl (C=O) groups excluding carboxylic acids is 1. The van der Waals surface area contributed by atoms with Crippen LogP contribution < -0.4 is 4.74 Å². The van der Waals surface area contributed by atoms with Gasteiger partial charge < -0.3 is 14.4 Å². The van der Waals surface area contributed by atoms with Crippen molar-refractivity contribution in [1.82, 2.24) is 19.8 Å². The molecule has 0 saturated carbocycles. The van der Waals surface area contributed by atoms with Crippen LogP contribution in [0.15, 0.2) is 36.7 Å². The number of rotatable bonds is 5. The number of likely N-dealkylation sites (tertiary alicyclic amines) is 1. The molecule has 2 fully saturated rings. The lowest BCUT2D eigenvalue weighted by Gasteiger charge is -2.35. The van der Waals surface area contributed by atoms with Gasteiger partial charge in [-0.25, -0.2) is 0 Å². The van der Waals surface area contributed by atoms with Gasteiger partial charge in [-0.3, -0.25) is 19.7 Å². The van der Waals surface area contributed by atoms with Gasteiger partial charge in [0.05, 0.1) is 38.3 Å². The van der Waals surface area contributed by atoms with Gasteiger partial charge in [0.1, 0.15) is 5.75 Å². The maximum Gasteiger partial charge on any atom is 0.236 e. The van der Waals surface area contributed by atoms with Crippen molar-refractivity contribution in [3.8, 4) is 17.0 Å². The number of ether oxygens (including phenoxy) is 2. The van der Waals surface area contributed by atoms with Crippen molar-refractivity contribution in [3.63, 3.8) is 0 Å². The number of amides is 1. The van der Waals surface area contributed by atoms with E-state index >= 15 is 0 Å². The summed E-state index contributed by atoms with van der Waals surface area (Å²) in [5.41, 5.74) is 2.73. The highest BCUT2D eigenvalue weighted by Crippen LogP contribution is 2.35. The summed E-state index contributed by atoms with van der Waals surface area (Å²) >= 11 is 0. The summed E-state index contributed by atoms with van der Waals surface area (Å²) < 4.78 is 10.9. The van der Waals surface area contributed by atoms with Crippen molar-refractivity contribution in [3.05, 3.63) is 42.4 Å². The Labute approximate surface area is 171 Å². The summed E-state index contributed by atoms with van der Waals surface area (Å²) in [5, 5.41) is 0. The summed E-state index contributed by atoms with van der Waals surface area (Å²) in [5.74, 6) is 1.15. The van der Waals surface area contributed by atoms with Crippen molar-refractivity contribution >= 4 is 5.91 Å². The lowest BCUT2D eigenvalue weighted by atomic mass is 9.91. The largest absolute Gasteiger partial charge is 0.496 e. The quantitative estimate of drug-likeness (QED) is 0.772. The van der Waals surface area contributed by atoms with Gasteiger partial charge in [0.15, 0.2) is 0 Å². The topological polar surface area (TPSA) is 67.8 Å². The third kappa shape index (κ3) is 4.57. The Bertz CT molecular complexity index is 838. The van der Waals surface area contributed by atoms with Crippen LogP contribution in [0.25, 0.3) is 11.3 Å². The molecule has 0 N–H and O–H groups in total. The van der Waals surface area contributed by atoms with Crippen molar-refractivity contribution in [2.24, 2.45) is 0 Å². The molecule has 2 aromatic rings. The summed E-state index contributed by atoms with van der Waals surface area (Å²) in [6, 6.07) is 7.88. The molecule has 1 amide bonds. The third-order valence-electron chi connectivity index (χ3n) is 5.71. The molecule has 2 saturated heterocycles. The first-order valence-corrected chi connectivity index (χ1v) is 10.3. The first-order valence-electron chi connectivity index (χ1n) is 10.3. The number of morpholine rings is 1. The monoisotopic (exact) mass is 396 g/mol. The molecular formula is C22H28N4O3. The van der Waals surface area contributed by atoms with Crippen LogP contribution in [0.3, 0.4) is 0 Å². The van der Waals surface area contributed by atoms with Crippen molar-refractivity contribution in [2.45, 2.75) is 18.8 Å². The molecule has 1 unspecified atom stereocenters. The Balaban J connectivity index is 1.52. The zero-order valence-electron chi connectivity index (χ0n) is 16.9. The number of carbonyl (C=O) groups is 1. The number of hydrogen-bond donors (Lipinski definition) is 0. The van der Waals surface area contributed by atoms with E-state index in [2.05, 4.69) is 14.9 Å². The molecule has 7 nitrogen and oxygen atoms in total. The first-order chi connectivity index (χ1) is 14.3. The van der Waals surface area contributed by atoms with E-state index in [4.69, 9.17) is 9.47 Å². The normalized spacial score (nSPS) is 20.4. The van der Waals surface area contributed by atoms with Crippen molar-refractivity contribution in [2.75, 3.05) is 53.0 Å². The zero-order chi connectivity index (χ0) is 20.1. The van der Waals surface area contributed by atoms with Crippen molar-refractivity contribution in [1.29, 1.82) is 0 Å². The van der Waals surface area contributed by atoms with Crippen LogP contribution in [0.2, 0.25) is 0 Å². The standard InChI is InChI=1S/C22H28N4O3/c1-28-19-7-3-2-6-18(19)22-21(23-8-9-24-22)17-5-4-10-26(15-17)20(27)16-25-11-13-29-14-12-25/h2-3,6-9,17H,4-5,10-16H2,1H3. The van der Waals surface area contributed by atoms with E-state index in [1.165, 1.54) is 0 Å². The van der Waals surface area contributed by atoms with E-state index in [0.717, 1.165) is 55.2 Å². The highest BCUT2D eigenvalue weighted by molar-refractivity contribution is 5.78. The first kappa shape index (κ1) is 19.8. The van der Waals surface area contributed by atoms with E-state index in [-0.39, 0.29) is 11.8 Å². The van der Waals surface area contributed by atoms with Gasteiger partial charge in [-0.05, 0) is 25.0 Å². The van der Waals surface area contributed by atoms with Gasteiger partial charge in [-0.1, -0.05) is 12.1 Å². The minimum atomic E-state index is 0.172. The fourth-order valence-electron chi connectivity index (χ4n) is 4.17. The lowest BCUT2D eigenvalue weighted by molar-refractivity contribution is -0.134. The second-order valence-corrected chi connectivity index (χ2v) is 7.56. The minimum Gasteiger partial charge on any atom is -0.496 e. The predicted molar refractivity (Wildman–Crippen MR) is 110 cm³/mol. The molecule has 2 aliphatic heterocycles. The Morgan fingerprint density at radius 2 is 1.97 bits per heavy atom. The maximum atomic E-state index is 12.9. The molecule has 3 heterocycles. The number of hydrogen-bond acceptors (Lipinski definition) is 6. The zero-order valence-corrected chi connectivity index (χ0v) is 16.9. The molecule has 4 rings (SSSR count). The smallest absolute Gasteiger partial charge is 0.236 e. The molecule has 7 heteroatoms. The number of methoxy groups -OCH3 is 1. The minimum absolute atomic E-state index is 0.172. The second kappa shape index (κ2) is 9.33. The number of nitrogens with zero attached hydrogens (tertiary/aromatic N) is 4. The molecule has 154 valence electrons. The molecule has 1 aromatic heterocycles. The molecule has 1 aromatic carbocycles. The Hall–Kier alpha value is -2.51. The van der Waals surface area contributed by atoms with Crippen LogP contribution in [0.1, 0.15) is 24.5 Å². The van der Waals surface area contributed by atoms with E-state index in [1.54, 1.807) is 19.5 Å². The van der Waals surface area contributed by atoms with Crippen LogP contribution in [-0.4, -0.2) is 78.7 Å². The molecule has 0 aliphatic carbocycles. The van der Waals surface area contributed by atoms with Gasteiger partial charge in [-0.15, -0.1) is 0 Å². The van der Waals surface area contributed by atoms with Crippen LogP contribution in [0.4, 0.5) is 0 Å². The molecule has 29 heavy (non-hydrogen) atoms. The Morgan fingerprint density at radius 1 is 1.17 bits per heavy atom. The molecule has 0 spiro atoms. The van der Waals surface area contributed by atoms with E-state index in [1.807, 2.05) is 29.2 Å². The summed E-state index contributed by atoms with van der Waals surface area (Å²) in [6.45, 7) is 5.02. The number of para-hydroxylation sites is 1. The van der Waals surface area contributed by atoms with Crippen LogP contribution in [0.5, 0.6) is 5.75 Å². The van der Waals surface area contributed by atoms with Crippen LogP contribution >= 0.6 is 0 Å². The second-order valence-electron chi connectivity index (χ2n) is 7.56. The third-order valence-corrected chi connectivity index (χ3v) is 5.71. The molecule has 0 bridgehead atoms. The number of benzene rings is 1. The fourth-order valence-corrected chi connectivity index (χ4v) is 4.17. The summed E-state index contributed by atoms with van der Waals surface area (Å²) in [6.07, 6.45) is 5.43. The summed E-state index contributed by atoms with van der Waals surface area (Å²) in [7, 11) is 1.67. The average Bonchev–Trinajstić information content (AvgIpc) is 2.80.